The highest BCUT2D eigenvalue weighted by atomic mass is 32.2. The largest absolute Gasteiger partial charge is 0.371 e. The van der Waals surface area contributed by atoms with E-state index in [1.807, 2.05) is 19.2 Å². The second kappa shape index (κ2) is 5.51. The van der Waals surface area contributed by atoms with Crippen LogP contribution in [-0.2, 0) is 0 Å². The van der Waals surface area contributed by atoms with Gasteiger partial charge >= 0.3 is 0 Å². The molecule has 0 saturated heterocycles. The molecule has 0 unspecified atom stereocenters. The Morgan fingerprint density at radius 2 is 2.43 bits per heavy atom. The molecular weight excluding hydrogens is 194 g/mol. The van der Waals surface area contributed by atoms with E-state index in [0.717, 1.165) is 18.0 Å². The monoisotopic (exact) mass is 207 g/mol. The second-order valence-corrected chi connectivity index (χ2v) is 3.88. The van der Waals surface area contributed by atoms with Crippen molar-refractivity contribution in [2.45, 2.75) is 0 Å². The Bertz CT molecular complexity index is 332. The van der Waals surface area contributed by atoms with Crippen molar-refractivity contribution >= 4 is 17.4 Å². The number of nitrogens with zero attached hydrogens (tertiary/aromatic N) is 3. The average Bonchev–Trinajstić information content (AvgIpc) is 2.25. The first kappa shape index (κ1) is 10.9. The third-order valence-corrected chi connectivity index (χ3v) is 2.53. The van der Waals surface area contributed by atoms with Crippen molar-refractivity contribution in [3.8, 4) is 6.07 Å². The molecule has 0 amide bonds. The third kappa shape index (κ3) is 2.64. The minimum atomic E-state index is 0.496. The molecule has 4 heteroatoms. The van der Waals surface area contributed by atoms with Gasteiger partial charge in [-0.15, -0.1) is 0 Å². The number of hydrogen-bond acceptors (Lipinski definition) is 4. The topological polar surface area (TPSA) is 39.9 Å². The van der Waals surface area contributed by atoms with Crippen molar-refractivity contribution in [3.05, 3.63) is 24.0 Å². The Kier molecular flexibility index (Phi) is 4.27. The van der Waals surface area contributed by atoms with Crippen LogP contribution in [0.2, 0.25) is 0 Å². The summed E-state index contributed by atoms with van der Waals surface area (Å²) in [7, 11) is 1.98. The van der Waals surface area contributed by atoms with E-state index in [-0.39, 0.29) is 0 Å². The minimum Gasteiger partial charge on any atom is -0.371 e. The summed E-state index contributed by atoms with van der Waals surface area (Å²) in [6.07, 6.45) is 3.72. The molecule has 1 aromatic rings. The molecule has 3 nitrogen and oxygen atoms in total. The molecule has 0 fully saturated rings. The second-order valence-electron chi connectivity index (χ2n) is 2.90. The Labute approximate surface area is 88.8 Å². The number of thioether (sulfide) groups is 1. The maximum atomic E-state index is 8.85. The molecule has 1 heterocycles. The Hall–Kier alpha value is -1.21. The lowest BCUT2D eigenvalue weighted by Gasteiger charge is -2.18. The van der Waals surface area contributed by atoms with E-state index in [4.69, 9.17) is 5.26 Å². The van der Waals surface area contributed by atoms with Gasteiger partial charge in [0.1, 0.15) is 6.07 Å². The summed E-state index contributed by atoms with van der Waals surface area (Å²) in [5.74, 6) is 1.05. The summed E-state index contributed by atoms with van der Waals surface area (Å²) in [5.41, 5.74) is 1.40. The van der Waals surface area contributed by atoms with Gasteiger partial charge in [0, 0.05) is 25.5 Å². The molecule has 0 saturated carbocycles. The Morgan fingerprint density at radius 3 is 3.07 bits per heavy atom. The van der Waals surface area contributed by atoms with Crippen LogP contribution >= 0.6 is 11.8 Å². The van der Waals surface area contributed by atoms with Crippen molar-refractivity contribution in [2.75, 3.05) is 30.5 Å². The van der Waals surface area contributed by atoms with Crippen LogP contribution in [0, 0.1) is 11.3 Å². The number of nitriles is 1. The van der Waals surface area contributed by atoms with Gasteiger partial charge in [-0.05, 0) is 18.4 Å². The Morgan fingerprint density at radius 1 is 1.64 bits per heavy atom. The first-order valence-electron chi connectivity index (χ1n) is 4.34. The van der Waals surface area contributed by atoms with Crippen LogP contribution in [0.5, 0.6) is 0 Å². The van der Waals surface area contributed by atoms with Gasteiger partial charge in [0.2, 0.25) is 0 Å². The van der Waals surface area contributed by atoms with Gasteiger partial charge in [-0.25, -0.2) is 4.98 Å². The predicted octanol–water partition coefficient (Wildman–Crippen LogP) is 1.75. The molecule has 0 aliphatic carbocycles. The molecule has 14 heavy (non-hydrogen) atoms. The molecule has 0 bridgehead atoms. The molecule has 0 spiro atoms. The summed E-state index contributed by atoms with van der Waals surface area (Å²) in [6.45, 7) is 0.932. The minimum absolute atomic E-state index is 0.496. The van der Waals surface area contributed by atoms with Gasteiger partial charge in [-0.2, -0.15) is 17.0 Å². The zero-order valence-electron chi connectivity index (χ0n) is 8.40. The molecule has 0 aromatic carbocycles. The van der Waals surface area contributed by atoms with E-state index in [2.05, 4.69) is 22.2 Å². The van der Waals surface area contributed by atoms with Crippen molar-refractivity contribution in [1.82, 2.24) is 4.98 Å². The molecule has 74 valence electrons. The van der Waals surface area contributed by atoms with Gasteiger partial charge in [0.25, 0.3) is 0 Å². The molecule has 0 N–H and O–H groups in total. The number of pyridine rings is 1. The summed E-state index contributed by atoms with van der Waals surface area (Å²) in [6, 6.07) is 5.87. The number of aromatic nitrogens is 1. The quantitative estimate of drug-likeness (QED) is 0.754. The van der Waals surface area contributed by atoms with Crippen molar-refractivity contribution in [1.29, 1.82) is 5.26 Å². The van der Waals surface area contributed by atoms with Crippen molar-refractivity contribution < 1.29 is 0 Å². The lowest BCUT2D eigenvalue weighted by Crippen LogP contribution is -2.21. The van der Waals surface area contributed by atoms with Crippen molar-refractivity contribution in [3.63, 3.8) is 0 Å². The van der Waals surface area contributed by atoms with Crippen LogP contribution in [0.1, 0.15) is 5.69 Å². The lowest BCUT2D eigenvalue weighted by atomic mass is 10.3. The molecule has 0 atom stereocenters. The average molecular weight is 207 g/mol. The highest BCUT2D eigenvalue weighted by molar-refractivity contribution is 7.98. The Balaban J connectivity index is 2.79. The van der Waals surface area contributed by atoms with E-state index in [0.29, 0.717) is 5.69 Å². The SMILES string of the molecule is CSCCN(C)c1cccnc1C#N. The normalized spacial score (nSPS) is 9.50. The summed E-state index contributed by atoms with van der Waals surface area (Å²) < 4.78 is 0. The van der Waals surface area contributed by atoms with Gasteiger partial charge in [-0.3, -0.25) is 0 Å². The summed E-state index contributed by atoms with van der Waals surface area (Å²) in [4.78, 5) is 6.07. The van der Waals surface area contributed by atoms with E-state index in [1.54, 1.807) is 18.0 Å². The number of rotatable bonds is 4. The predicted molar refractivity (Wildman–Crippen MR) is 60.6 cm³/mol. The molecule has 0 radical (unpaired) electrons. The summed E-state index contributed by atoms with van der Waals surface area (Å²) in [5, 5.41) is 8.85. The van der Waals surface area contributed by atoms with Gasteiger partial charge in [0.15, 0.2) is 5.69 Å². The van der Waals surface area contributed by atoms with E-state index >= 15 is 0 Å². The van der Waals surface area contributed by atoms with Crippen LogP contribution in [-0.4, -0.2) is 30.6 Å². The van der Waals surface area contributed by atoms with Gasteiger partial charge in [0.05, 0.1) is 5.69 Å². The maximum absolute atomic E-state index is 8.85. The van der Waals surface area contributed by atoms with Crippen LogP contribution in [0.25, 0.3) is 0 Å². The molecule has 0 aliphatic heterocycles. The fourth-order valence-corrected chi connectivity index (χ4v) is 1.60. The highest BCUT2D eigenvalue weighted by Crippen LogP contribution is 2.15. The van der Waals surface area contributed by atoms with Gasteiger partial charge in [-0.1, -0.05) is 0 Å². The molecule has 0 aliphatic rings. The molecule has 1 aromatic heterocycles. The van der Waals surface area contributed by atoms with E-state index in [9.17, 15) is 0 Å². The highest BCUT2D eigenvalue weighted by Gasteiger charge is 2.06. The van der Waals surface area contributed by atoms with Crippen LogP contribution in [0.3, 0.4) is 0 Å². The first-order chi connectivity index (χ1) is 6.79. The van der Waals surface area contributed by atoms with E-state index < -0.39 is 0 Å². The fourth-order valence-electron chi connectivity index (χ4n) is 1.14. The summed E-state index contributed by atoms with van der Waals surface area (Å²) >= 11 is 1.79. The van der Waals surface area contributed by atoms with Crippen LogP contribution in [0.15, 0.2) is 18.3 Å². The van der Waals surface area contributed by atoms with Gasteiger partial charge < -0.3 is 4.90 Å². The molecule has 1 rings (SSSR count). The molecular formula is C10H13N3S. The van der Waals surface area contributed by atoms with E-state index in [1.165, 1.54) is 0 Å². The van der Waals surface area contributed by atoms with Crippen molar-refractivity contribution in [2.24, 2.45) is 0 Å². The third-order valence-electron chi connectivity index (χ3n) is 1.93. The standard InChI is InChI=1S/C10H13N3S/c1-13(6-7-14-2)10-4-3-5-12-9(10)8-11/h3-5H,6-7H2,1-2H3. The zero-order valence-corrected chi connectivity index (χ0v) is 9.21. The fraction of sp³-hybridized carbons (Fsp3) is 0.400. The maximum Gasteiger partial charge on any atom is 0.163 e. The lowest BCUT2D eigenvalue weighted by molar-refractivity contribution is 0.966. The number of anilines is 1. The smallest absolute Gasteiger partial charge is 0.163 e. The number of hydrogen-bond donors (Lipinski definition) is 0. The zero-order chi connectivity index (χ0) is 10.4. The van der Waals surface area contributed by atoms with Crippen LogP contribution < -0.4 is 4.90 Å². The van der Waals surface area contributed by atoms with Crippen LogP contribution in [0.4, 0.5) is 5.69 Å². The first-order valence-corrected chi connectivity index (χ1v) is 5.74.